The maximum Gasteiger partial charge on any atom is 0.137 e. The van der Waals surface area contributed by atoms with Crippen LogP contribution in [-0.2, 0) is 6.42 Å². The Labute approximate surface area is 82.8 Å². The highest BCUT2D eigenvalue weighted by atomic mass is 35.5. The number of aliphatic hydroxyl groups is 1. The van der Waals surface area contributed by atoms with Crippen LogP contribution in [0.15, 0.2) is 18.3 Å². The lowest BCUT2D eigenvalue weighted by molar-refractivity contribution is 0.264. The number of pyridine rings is 1. The predicted octanol–water partition coefficient (Wildman–Crippen LogP) is 0.0711. The molecule has 4 N–H and O–H groups in total. The molecule has 0 radical (unpaired) electrons. The first-order valence-electron chi connectivity index (χ1n) is 3.73. The maximum absolute atomic E-state index is 9.26. The summed E-state index contributed by atoms with van der Waals surface area (Å²) in [5, 5.41) is 17.9. The van der Waals surface area contributed by atoms with Crippen LogP contribution in [0.2, 0.25) is 0 Å². The molecule has 1 rings (SSSR count). The van der Waals surface area contributed by atoms with E-state index in [1.54, 1.807) is 18.3 Å². The summed E-state index contributed by atoms with van der Waals surface area (Å²) in [7, 11) is 0. The van der Waals surface area contributed by atoms with Crippen LogP contribution >= 0.6 is 12.4 Å². The summed E-state index contributed by atoms with van der Waals surface area (Å²) in [6, 6.07) is 2.83. The van der Waals surface area contributed by atoms with E-state index in [0.717, 1.165) is 0 Å². The van der Waals surface area contributed by atoms with Gasteiger partial charge in [0.2, 0.25) is 0 Å². The first-order chi connectivity index (χ1) is 5.74. The van der Waals surface area contributed by atoms with Gasteiger partial charge in [0.25, 0.3) is 0 Å². The standard InChI is InChI=1S/C8H12N2O2.ClH/c9-6(5-11)4-7-8(12)2-1-3-10-7;/h1-3,6,11-12H,4-5,9H2;1H/t6-;/m1./s1. The van der Waals surface area contributed by atoms with Crippen LogP contribution < -0.4 is 5.73 Å². The minimum Gasteiger partial charge on any atom is -0.506 e. The normalized spacial score (nSPS) is 11.8. The fourth-order valence-corrected chi connectivity index (χ4v) is 0.900. The summed E-state index contributed by atoms with van der Waals surface area (Å²) in [5.41, 5.74) is 6.00. The SMILES string of the molecule is Cl.N[C@@H](CO)Cc1ncccc1O. The highest BCUT2D eigenvalue weighted by Gasteiger charge is 2.06. The Hall–Kier alpha value is -0.840. The highest BCUT2D eigenvalue weighted by Crippen LogP contribution is 2.13. The van der Waals surface area contributed by atoms with Crippen molar-refractivity contribution in [3.63, 3.8) is 0 Å². The fraction of sp³-hybridized carbons (Fsp3) is 0.375. The van der Waals surface area contributed by atoms with Crippen molar-refractivity contribution < 1.29 is 10.2 Å². The summed E-state index contributed by atoms with van der Waals surface area (Å²) in [4.78, 5) is 3.93. The number of nitrogens with zero attached hydrogens (tertiary/aromatic N) is 1. The zero-order chi connectivity index (χ0) is 8.97. The molecule has 0 unspecified atom stereocenters. The van der Waals surface area contributed by atoms with Gasteiger partial charge < -0.3 is 15.9 Å². The van der Waals surface area contributed by atoms with Gasteiger partial charge in [-0.25, -0.2) is 0 Å². The van der Waals surface area contributed by atoms with Gasteiger partial charge in [0.1, 0.15) is 5.75 Å². The molecule has 0 aliphatic heterocycles. The van der Waals surface area contributed by atoms with Crippen LogP contribution in [0.3, 0.4) is 0 Å². The molecule has 1 aromatic rings. The monoisotopic (exact) mass is 204 g/mol. The molecular formula is C8H13ClN2O2. The minimum atomic E-state index is -0.356. The van der Waals surface area contributed by atoms with Gasteiger partial charge in [-0.1, -0.05) is 0 Å². The third-order valence-electron chi connectivity index (χ3n) is 1.56. The van der Waals surface area contributed by atoms with Gasteiger partial charge in [-0.05, 0) is 12.1 Å². The van der Waals surface area contributed by atoms with Gasteiger partial charge in [0, 0.05) is 18.7 Å². The second-order valence-electron chi connectivity index (χ2n) is 2.62. The summed E-state index contributed by atoms with van der Waals surface area (Å²) in [6.07, 6.45) is 1.97. The molecule has 0 bridgehead atoms. The van der Waals surface area contributed by atoms with E-state index in [-0.39, 0.29) is 30.8 Å². The molecular weight excluding hydrogens is 192 g/mol. The zero-order valence-electron chi connectivity index (χ0n) is 7.05. The minimum absolute atomic E-state index is 0. The molecule has 0 spiro atoms. The van der Waals surface area contributed by atoms with Crippen molar-refractivity contribution in [2.24, 2.45) is 5.73 Å². The number of aromatic nitrogens is 1. The molecule has 13 heavy (non-hydrogen) atoms. The van der Waals surface area contributed by atoms with E-state index in [1.165, 1.54) is 0 Å². The first-order valence-corrected chi connectivity index (χ1v) is 3.73. The summed E-state index contributed by atoms with van der Waals surface area (Å²) < 4.78 is 0. The van der Waals surface area contributed by atoms with Gasteiger partial charge in [0.05, 0.1) is 12.3 Å². The van der Waals surface area contributed by atoms with Crippen LogP contribution in [0.5, 0.6) is 5.75 Å². The molecule has 0 aliphatic rings. The van der Waals surface area contributed by atoms with Gasteiger partial charge in [-0.2, -0.15) is 0 Å². The van der Waals surface area contributed by atoms with Crippen molar-refractivity contribution in [3.05, 3.63) is 24.0 Å². The molecule has 5 heteroatoms. The van der Waals surface area contributed by atoms with Gasteiger partial charge in [0.15, 0.2) is 0 Å². The number of nitrogens with two attached hydrogens (primary N) is 1. The van der Waals surface area contributed by atoms with Crippen LogP contribution in [0.4, 0.5) is 0 Å². The molecule has 0 fully saturated rings. The Morgan fingerprint density at radius 2 is 2.23 bits per heavy atom. The zero-order valence-corrected chi connectivity index (χ0v) is 7.87. The number of aliphatic hydroxyl groups excluding tert-OH is 1. The van der Waals surface area contributed by atoms with E-state index in [4.69, 9.17) is 10.8 Å². The quantitative estimate of drug-likeness (QED) is 0.651. The lowest BCUT2D eigenvalue weighted by Crippen LogP contribution is -2.27. The average Bonchev–Trinajstić information content (AvgIpc) is 2.09. The largest absolute Gasteiger partial charge is 0.506 e. The van der Waals surface area contributed by atoms with E-state index in [1.807, 2.05) is 0 Å². The van der Waals surface area contributed by atoms with Crippen LogP contribution in [0, 0.1) is 0 Å². The van der Waals surface area contributed by atoms with Gasteiger partial charge in [-0.3, -0.25) is 4.98 Å². The fourth-order valence-electron chi connectivity index (χ4n) is 0.900. The number of hydrogen-bond donors (Lipinski definition) is 3. The Morgan fingerprint density at radius 3 is 2.77 bits per heavy atom. The molecule has 4 nitrogen and oxygen atoms in total. The van der Waals surface area contributed by atoms with E-state index in [2.05, 4.69) is 4.98 Å². The number of aromatic hydroxyl groups is 1. The van der Waals surface area contributed by atoms with Crippen molar-refractivity contribution in [3.8, 4) is 5.75 Å². The third-order valence-corrected chi connectivity index (χ3v) is 1.56. The Bertz CT molecular complexity index is 258. The summed E-state index contributed by atoms with van der Waals surface area (Å²) in [6.45, 7) is -0.101. The van der Waals surface area contributed by atoms with Crippen molar-refractivity contribution in [1.29, 1.82) is 0 Å². The molecule has 1 atom stereocenters. The van der Waals surface area contributed by atoms with E-state index in [9.17, 15) is 5.11 Å². The van der Waals surface area contributed by atoms with Crippen molar-refractivity contribution in [2.75, 3.05) is 6.61 Å². The summed E-state index contributed by atoms with van der Waals surface area (Å²) in [5.74, 6) is 0.126. The summed E-state index contributed by atoms with van der Waals surface area (Å²) >= 11 is 0. The van der Waals surface area contributed by atoms with E-state index < -0.39 is 0 Å². The second-order valence-corrected chi connectivity index (χ2v) is 2.62. The average molecular weight is 205 g/mol. The van der Waals surface area contributed by atoms with Gasteiger partial charge >= 0.3 is 0 Å². The molecule has 0 aliphatic carbocycles. The molecule has 1 heterocycles. The van der Waals surface area contributed by atoms with E-state index >= 15 is 0 Å². The number of halogens is 1. The smallest absolute Gasteiger partial charge is 0.137 e. The van der Waals surface area contributed by atoms with Crippen LogP contribution in [-0.4, -0.2) is 27.8 Å². The predicted molar refractivity (Wildman–Crippen MR) is 51.9 cm³/mol. The topological polar surface area (TPSA) is 79.4 Å². The van der Waals surface area contributed by atoms with Crippen molar-refractivity contribution >= 4 is 12.4 Å². The molecule has 0 amide bonds. The number of hydrogen-bond acceptors (Lipinski definition) is 4. The molecule has 1 aromatic heterocycles. The van der Waals surface area contributed by atoms with E-state index in [0.29, 0.717) is 12.1 Å². The lowest BCUT2D eigenvalue weighted by Gasteiger charge is -2.07. The molecule has 74 valence electrons. The number of rotatable bonds is 3. The molecule has 0 saturated heterocycles. The van der Waals surface area contributed by atoms with Crippen LogP contribution in [0.1, 0.15) is 5.69 Å². The van der Waals surface area contributed by atoms with Crippen LogP contribution in [0.25, 0.3) is 0 Å². The Kier molecular flexibility index (Phi) is 5.37. The molecule has 0 aromatic carbocycles. The Balaban J connectivity index is 0.00000144. The highest BCUT2D eigenvalue weighted by molar-refractivity contribution is 5.85. The third kappa shape index (κ3) is 3.59. The maximum atomic E-state index is 9.26. The van der Waals surface area contributed by atoms with Crippen molar-refractivity contribution in [1.82, 2.24) is 4.98 Å². The molecule has 0 saturated carbocycles. The van der Waals surface area contributed by atoms with Crippen molar-refractivity contribution in [2.45, 2.75) is 12.5 Å². The Morgan fingerprint density at radius 1 is 1.54 bits per heavy atom. The second kappa shape index (κ2) is 5.75. The lowest BCUT2D eigenvalue weighted by atomic mass is 10.1. The first kappa shape index (κ1) is 12.2. The van der Waals surface area contributed by atoms with Gasteiger partial charge in [-0.15, -0.1) is 12.4 Å².